The third-order valence-electron chi connectivity index (χ3n) is 3.41. The van der Waals surface area contributed by atoms with Gasteiger partial charge in [0.1, 0.15) is 0 Å². The standard InChI is InChI=1S/C16H13Cl2NO3/c1-19(8-11-3-2-4-12(17)15(11)18)16(20)10-5-6-13-14(7-10)22-9-21-13/h2-7H,8-9H2,1H3. The summed E-state index contributed by atoms with van der Waals surface area (Å²) in [5.74, 6) is 1.10. The lowest BCUT2D eigenvalue weighted by Crippen LogP contribution is -2.26. The topological polar surface area (TPSA) is 38.8 Å². The Bertz CT molecular complexity index is 733. The number of halogens is 2. The fraction of sp³-hybridized carbons (Fsp3) is 0.188. The number of carbonyl (C=O) groups excluding carboxylic acids is 1. The van der Waals surface area contributed by atoms with Crippen molar-refractivity contribution in [1.82, 2.24) is 4.90 Å². The van der Waals surface area contributed by atoms with Gasteiger partial charge in [-0.05, 0) is 29.8 Å². The van der Waals surface area contributed by atoms with Crippen molar-refractivity contribution in [3.8, 4) is 11.5 Å². The average molecular weight is 338 g/mol. The highest BCUT2D eigenvalue weighted by atomic mass is 35.5. The SMILES string of the molecule is CN(Cc1cccc(Cl)c1Cl)C(=O)c1ccc2c(c1)OCO2. The van der Waals surface area contributed by atoms with Crippen LogP contribution in [0.1, 0.15) is 15.9 Å². The van der Waals surface area contributed by atoms with Crippen LogP contribution in [0.15, 0.2) is 36.4 Å². The van der Waals surface area contributed by atoms with Crippen molar-refractivity contribution in [3.05, 3.63) is 57.6 Å². The molecule has 0 unspecified atom stereocenters. The Kier molecular flexibility index (Phi) is 4.14. The molecule has 0 fully saturated rings. The summed E-state index contributed by atoms with van der Waals surface area (Å²) < 4.78 is 10.5. The molecule has 1 heterocycles. The van der Waals surface area contributed by atoms with Crippen LogP contribution < -0.4 is 9.47 Å². The minimum atomic E-state index is -0.130. The fourth-order valence-corrected chi connectivity index (χ4v) is 2.63. The van der Waals surface area contributed by atoms with Crippen molar-refractivity contribution in [3.63, 3.8) is 0 Å². The first-order valence-electron chi connectivity index (χ1n) is 6.64. The molecule has 0 radical (unpaired) electrons. The number of hydrogen-bond acceptors (Lipinski definition) is 3. The lowest BCUT2D eigenvalue weighted by molar-refractivity contribution is 0.0784. The maximum Gasteiger partial charge on any atom is 0.254 e. The molecule has 114 valence electrons. The van der Waals surface area contributed by atoms with Crippen LogP contribution in [0.4, 0.5) is 0 Å². The summed E-state index contributed by atoms with van der Waals surface area (Å²) in [6, 6.07) is 10.5. The molecule has 0 N–H and O–H groups in total. The summed E-state index contributed by atoms with van der Waals surface area (Å²) in [5, 5.41) is 0.942. The highest BCUT2D eigenvalue weighted by Gasteiger charge is 2.19. The van der Waals surface area contributed by atoms with E-state index in [9.17, 15) is 4.79 Å². The molecule has 0 atom stereocenters. The van der Waals surface area contributed by atoms with Gasteiger partial charge in [-0.15, -0.1) is 0 Å². The van der Waals surface area contributed by atoms with E-state index in [2.05, 4.69) is 0 Å². The van der Waals surface area contributed by atoms with Gasteiger partial charge in [0, 0.05) is 19.2 Å². The van der Waals surface area contributed by atoms with E-state index in [1.54, 1.807) is 36.2 Å². The van der Waals surface area contributed by atoms with Gasteiger partial charge in [-0.2, -0.15) is 0 Å². The van der Waals surface area contributed by atoms with E-state index in [0.717, 1.165) is 5.56 Å². The van der Waals surface area contributed by atoms with E-state index in [4.69, 9.17) is 32.7 Å². The average Bonchev–Trinajstić information content (AvgIpc) is 2.98. The highest BCUT2D eigenvalue weighted by molar-refractivity contribution is 6.42. The van der Waals surface area contributed by atoms with Gasteiger partial charge in [-0.3, -0.25) is 4.79 Å². The Morgan fingerprint density at radius 1 is 1.18 bits per heavy atom. The van der Waals surface area contributed by atoms with Gasteiger partial charge in [-0.25, -0.2) is 0 Å². The smallest absolute Gasteiger partial charge is 0.254 e. The number of nitrogens with zero attached hydrogens (tertiary/aromatic N) is 1. The summed E-state index contributed by atoms with van der Waals surface area (Å²) in [4.78, 5) is 14.1. The first kappa shape index (κ1) is 15.0. The molecule has 22 heavy (non-hydrogen) atoms. The Morgan fingerprint density at radius 3 is 2.77 bits per heavy atom. The van der Waals surface area contributed by atoms with Gasteiger partial charge in [-0.1, -0.05) is 35.3 Å². The third-order valence-corrected chi connectivity index (χ3v) is 4.26. The number of amides is 1. The number of ether oxygens (including phenoxy) is 2. The Balaban J connectivity index is 1.78. The monoisotopic (exact) mass is 337 g/mol. The van der Waals surface area contributed by atoms with Gasteiger partial charge in [0.15, 0.2) is 11.5 Å². The molecule has 4 nitrogen and oxygen atoms in total. The molecule has 1 amide bonds. The van der Waals surface area contributed by atoms with Crippen molar-refractivity contribution in [2.45, 2.75) is 6.54 Å². The fourth-order valence-electron chi connectivity index (χ4n) is 2.25. The zero-order valence-electron chi connectivity index (χ0n) is 11.8. The molecule has 3 rings (SSSR count). The van der Waals surface area contributed by atoms with Gasteiger partial charge < -0.3 is 14.4 Å². The maximum absolute atomic E-state index is 12.5. The zero-order valence-corrected chi connectivity index (χ0v) is 13.3. The van der Waals surface area contributed by atoms with Crippen molar-refractivity contribution >= 4 is 29.1 Å². The highest BCUT2D eigenvalue weighted by Crippen LogP contribution is 2.33. The van der Waals surface area contributed by atoms with Crippen molar-refractivity contribution in [2.75, 3.05) is 13.8 Å². The van der Waals surface area contributed by atoms with Crippen LogP contribution in [-0.4, -0.2) is 24.6 Å². The van der Waals surface area contributed by atoms with Crippen LogP contribution in [-0.2, 0) is 6.54 Å². The molecule has 1 aliphatic heterocycles. The minimum Gasteiger partial charge on any atom is -0.454 e. The molecule has 1 aliphatic rings. The molecule has 2 aromatic rings. The molecular weight excluding hydrogens is 325 g/mol. The van der Waals surface area contributed by atoms with Crippen LogP contribution in [0.5, 0.6) is 11.5 Å². The lowest BCUT2D eigenvalue weighted by Gasteiger charge is -2.18. The second kappa shape index (κ2) is 6.07. The van der Waals surface area contributed by atoms with E-state index in [0.29, 0.717) is 33.7 Å². The quantitative estimate of drug-likeness (QED) is 0.849. The van der Waals surface area contributed by atoms with E-state index in [1.165, 1.54) is 0 Å². The van der Waals surface area contributed by atoms with Crippen molar-refractivity contribution < 1.29 is 14.3 Å². The van der Waals surface area contributed by atoms with Crippen molar-refractivity contribution in [1.29, 1.82) is 0 Å². The number of rotatable bonds is 3. The predicted octanol–water partition coefficient (Wildman–Crippen LogP) is 3.99. The number of benzene rings is 2. The number of hydrogen-bond donors (Lipinski definition) is 0. The molecule has 2 aromatic carbocycles. The predicted molar refractivity (Wildman–Crippen MR) is 84.8 cm³/mol. The minimum absolute atomic E-state index is 0.130. The van der Waals surface area contributed by atoms with Crippen molar-refractivity contribution in [2.24, 2.45) is 0 Å². The molecule has 0 bridgehead atoms. The van der Waals surface area contributed by atoms with Crippen LogP contribution in [0.25, 0.3) is 0 Å². The first-order valence-corrected chi connectivity index (χ1v) is 7.40. The summed E-state index contributed by atoms with van der Waals surface area (Å²) >= 11 is 12.2. The first-order chi connectivity index (χ1) is 10.6. The molecular formula is C16H13Cl2NO3. The summed E-state index contributed by atoms with van der Waals surface area (Å²) in [5.41, 5.74) is 1.33. The molecule has 0 saturated heterocycles. The Morgan fingerprint density at radius 2 is 1.95 bits per heavy atom. The van der Waals surface area contributed by atoms with E-state index in [-0.39, 0.29) is 12.7 Å². The van der Waals surface area contributed by atoms with Gasteiger partial charge >= 0.3 is 0 Å². The number of fused-ring (bicyclic) bond motifs is 1. The third kappa shape index (κ3) is 2.85. The second-order valence-corrected chi connectivity index (χ2v) is 5.73. The van der Waals surface area contributed by atoms with Gasteiger partial charge in [0.2, 0.25) is 6.79 Å². The Hall–Kier alpha value is -1.91. The van der Waals surface area contributed by atoms with Crippen LogP contribution in [0.3, 0.4) is 0 Å². The van der Waals surface area contributed by atoms with Crippen LogP contribution >= 0.6 is 23.2 Å². The zero-order chi connectivity index (χ0) is 15.7. The van der Waals surface area contributed by atoms with Gasteiger partial charge in [0.05, 0.1) is 10.0 Å². The Labute approximate surface area is 138 Å². The molecule has 0 aliphatic carbocycles. The summed E-state index contributed by atoms with van der Waals surface area (Å²) in [6.07, 6.45) is 0. The van der Waals surface area contributed by atoms with Crippen LogP contribution in [0.2, 0.25) is 10.0 Å². The van der Waals surface area contributed by atoms with E-state index >= 15 is 0 Å². The lowest BCUT2D eigenvalue weighted by atomic mass is 10.1. The number of carbonyl (C=O) groups is 1. The normalized spacial score (nSPS) is 12.3. The van der Waals surface area contributed by atoms with Gasteiger partial charge in [0.25, 0.3) is 5.91 Å². The summed E-state index contributed by atoms with van der Waals surface area (Å²) in [6.45, 7) is 0.549. The largest absolute Gasteiger partial charge is 0.454 e. The van der Waals surface area contributed by atoms with E-state index in [1.807, 2.05) is 12.1 Å². The maximum atomic E-state index is 12.5. The summed E-state index contributed by atoms with van der Waals surface area (Å²) in [7, 11) is 1.71. The molecule has 6 heteroatoms. The van der Waals surface area contributed by atoms with Crippen LogP contribution in [0, 0.1) is 0 Å². The second-order valence-electron chi connectivity index (χ2n) is 4.94. The molecule has 0 aromatic heterocycles. The van der Waals surface area contributed by atoms with E-state index < -0.39 is 0 Å². The molecule has 0 spiro atoms. The molecule has 0 saturated carbocycles.